The summed E-state index contributed by atoms with van der Waals surface area (Å²) in [7, 11) is 0. The van der Waals surface area contributed by atoms with Gasteiger partial charge in [0, 0.05) is 12.4 Å². The minimum absolute atomic E-state index is 1.09. The van der Waals surface area contributed by atoms with E-state index in [1.54, 1.807) is 0 Å². The van der Waals surface area contributed by atoms with Gasteiger partial charge in [-0.3, -0.25) is 0 Å². The van der Waals surface area contributed by atoms with Crippen molar-refractivity contribution in [2.75, 3.05) is 0 Å². The zero-order chi connectivity index (χ0) is 11.7. The van der Waals surface area contributed by atoms with Crippen LogP contribution in [-0.2, 0) is 6.42 Å². The normalized spacial score (nSPS) is 10.8. The summed E-state index contributed by atoms with van der Waals surface area (Å²) < 4.78 is 2.24. The van der Waals surface area contributed by atoms with Crippen molar-refractivity contribution >= 4 is 0 Å². The van der Waals surface area contributed by atoms with Crippen LogP contribution in [0.5, 0.6) is 0 Å². The predicted octanol–water partition coefficient (Wildman–Crippen LogP) is 3.96. The van der Waals surface area contributed by atoms with E-state index >= 15 is 0 Å². The van der Waals surface area contributed by atoms with E-state index in [2.05, 4.69) is 62.9 Å². The zero-order valence-electron chi connectivity index (χ0n) is 10.5. The molecule has 0 bridgehead atoms. The molecule has 0 spiro atoms. The second-order valence-corrected chi connectivity index (χ2v) is 4.53. The first-order valence-corrected chi connectivity index (χ1v) is 5.87. The first-order chi connectivity index (χ1) is 7.61. The van der Waals surface area contributed by atoms with Gasteiger partial charge in [0.05, 0.1) is 5.69 Å². The monoisotopic (exact) mass is 213 g/mol. The Morgan fingerprint density at radius 3 is 2.19 bits per heavy atom. The van der Waals surface area contributed by atoms with E-state index in [0.29, 0.717) is 0 Å². The van der Waals surface area contributed by atoms with E-state index in [1.165, 1.54) is 27.9 Å². The first-order valence-electron chi connectivity index (χ1n) is 5.87. The van der Waals surface area contributed by atoms with Crippen LogP contribution in [0.2, 0.25) is 0 Å². The minimum atomic E-state index is 1.09. The molecule has 0 saturated carbocycles. The Labute approximate surface area is 97.7 Å². The molecule has 1 aromatic heterocycles. The molecule has 0 aliphatic carbocycles. The molecule has 0 fully saturated rings. The van der Waals surface area contributed by atoms with Crippen LogP contribution in [-0.4, -0.2) is 4.57 Å². The molecule has 16 heavy (non-hydrogen) atoms. The number of hydrogen-bond donors (Lipinski definition) is 0. The van der Waals surface area contributed by atoms with Crippen molar-refractivity contribution in [1.82, 2.24) is 4.57 Å². The molecule has 0 atom stereocenters. The molecular formula is C15H19N. The smallest absolute Gasteiger partial charge is 0.0507 e. The van der Waals surface area contributed by atoms with Crippen molar-refractivity contribution in [3.63, 3.8) is 0 Å². The summed E-state index contributed by atoms with van der Waals surface area (Å²) in [6.07, 6.45) is 5.48. The molecule has 1 heteroatoms. The number of aromatic nitrogens is 1. The Morgan fingerprint density at radius 2 is 1.69 bits per heavy atom. The maximum Gasteiger partial charge on any atom is 0.0507 e. The summed E-state index contributed by atoms with van der Waals surface area (Å²) in [6.45, 7) is 8.70. The van der Waals surface area contributed by atoms with Crippen molar-refractivity contribution in [3.05, 3.63) is 52.8 Å². The van der Waals surface area contributed by atoms with Crippen LogP contribution < -0.4 is 0 Å². The molecule has 1 nitrogen and oxygen atoms in total. The Balaban J connectivity index is 2.55. The highest BCUT2D eigenvalue weighted by Gasteiger charge is 2.05. The summed E-state index contributed by atoms with van der Waals surface area (Å²) >= 11 is 0. The lowest BCUT2D eigenvalue weighted by Gasteiger charge is -2.12. The van der Waals surface area contributed by atoms with Crippen LogP contribution in [0.3, 0.4) is 0 Å². The van der Waals surface area contributed by atoms with E-state index < -0.39 is 0 Å². The lowest BCUT2D eigenvalue weighted by molar-refractivity contribution is 1.02. The summed E-state index contributed by atoms with van der Waals surface area (Å²) in [5.74, 6) is 0. The second kappa shape index (κ2) is 4.17. The number of hydrogen-bond acceptors (Lipinski definition) is 0. The van der Waals surface area contributed by atoms with Gasteiger partial charge in [0.2, 0.25) is 0 Å². The molecule has 0 amide bonds. The maximum atomic E-state index is 2.24. The van der Waals surface area contributed by atoms with E-state index in [-0.39, 0.29) is 0 Å². The minimum Gasteiger partial charge on any atom is -0.323 e. The molecule has 0 radical (unpaired) electrons. The fourth-order valence-electron chi connectivity index (χ4n) is 2.37. The lowest BCUT2D eigenvalue weighted by atomic mass is 10.1. The summed E-state index contributed by atoms with van der Waals surface area (Å²) in [4.78, 5) is 0. The van der Waals surface area contributed by atoms with Crippen molar-refractivity contribution < 1.29 is 0 Å². The SMILES string of the molecule is CCc1ccn(-c2c(C)cc(C)cc2C)c1. The van der Waals surface area contributed by atoms with Crippen LogP contribution in [0.15, 0.2) is 30.6 Å². The fourth-order valence-corrected chi connectivity index (χ4v) is 2.37. The third-order valence-corrected chi connectivity index (χ3v) is 3.06. The van der Waals surface area contributed by atoms with Gasteiger partial charge in [0.1, 0.15) is 0 Å². The summed E-state index contributed by atoms with van der Waals surface area (Å²) in [5.41, 5.74) is 6.73. The average Bonchev–Trinajstić information content (AvgIpc) is 2.64. The van der Waals surface area contributed by atoms with Gasteiger partial charge >= 0.3 is 0 Å². The van der Waals surface area contributed by atoms with Gasteiger partial charge in [-0.05, 0) is 49.9 Å². The Hall–Kier alpha value is -1.50. The lowest BCUT2D eigenvalue weighted by Crippen LogP contribution is -1.98. The quantitative estimate of drug-likeness (QED) is 0.711. The molecule has 0 saturated heterocycles. The standard InChI is InChI=1S/C15H19N/c1-5-14-6-7-16(10-14)15-12(3)8-11(2)9-13(15)4/h6-10H,5H2,1-4H3. The number of aryl methyl sites for hydroxylation is 4. The largest absolute Gasteiger partial charge is 0.323 e. The average molecular weight is 213 g/mol. The highest BCUT2D eigenvalue weighted by Crippen LogP contribution is 2.21. The second-order valence-electron chi connectivity index (χ2n) is 4.53. The number of benzene rings is 1. The van der Waals surface area contributed by atoms with Gasteiger partial charge in [-0.15, -0.1) is 0 Å². The summed E-state index contributed by atoms with van der Waals surface area (Å²) in [6, 6.07) is 6.68. The highest BCUT2D eigenvalue weighted by atomic mass is 14.9. The molecule has 1 aromatic carbocycles. The molecular weight excluding hydrogens is 194 g/mol. The molecule has 0 N–H and O–H groups in total. The molecule has 2 rings (SSSR count). The molecule has 84 valence electrons. The summed E-state index contributed by atoms with van der Waals surface area (Å²) in [5, 5.41) is 0. The maximum absolute atomic E-state index is 2.24. The van der Waals surface area contributed by atoms with Gasteiger partial charge in [0.25, 0.3) is 0 Å². The van der Waals surface area contributed by atoms with Crippen LogP contribution in [0, 0.1) is 20.8 Å². The van der Waals surface area contributed by atoms with E-state index in [9.17, 15) is 0 Å². The highest BCUT2D eigenvalue weighted by molar-refractivity contribution is 5.49. The third-order valence-electron chi connectivity index (χ3n) is 3.06. The number of rotatable bonds is 2. The predicted molar refractivity (Wildman–Crippen MR) is 69.4 cm³/mol. The van der Waals surface area contributed by atoms with Gasteiger partial charge in [-0.2, -0.15) is 0 Å². The Morgan fingerprint density at radius 1 is 1.06 bits per heavy atom. The van der Waals surface area contributed by atoms with E-state index in [1.807, 2.05) is 0 Å². The Kier molecular flexibility index (Phi) is 2.86. The molecule has 0 aliphatic heterocycles. The first kappa shape index (κ1) is 11.0. The van der Waals surface area contributed by atoms with E-state index in [0.717, 1.165) is 6.42 Å². The van der Waals surface area contributed by atoms with Crippen LogP contribution >= 0.6 is 0 Å². The third kappa shape index (κ3) is 1.90. The van der Waals surface area contributed by atoms with Gasteiger partial charge in [-0.25, -0.2) is 0 Å². The van der Waals surface area contributed by atoms with Gasteiger partial charge < -0.3 is 4.57 Å². The molecule has 0 unspecified atom stereocenters. The van der Waals surface area contributed by atoms with Gasteiger partial charge in [-0.1, -0.05) is 24.6 Å². The Bertz CT molecular complexity index is 483. The zero-order valence-corrected chi connectivity index (χ0v) is 10.5. The topological polar surface area (TPSA) is 4.93 Å². The van der Waals surface area contributed by atoms with Crippen LogP contribution in [0.4, 0.5) is 0 Å². The molecule has 2 aromatic rings. The van der Waals surface area contributed by atoms with Crippen molar-refractivity contribution in [2.45, 2.75) is 34.1 Å². The molecule has 0 aliphatic rings. The van der Waals surface area contributed by atoms with E-state index in [4.69, 9.17) is 0 Å². The van der Waals surface area contributed by atoms with Crippen LogP contribution in [0.1, 0.15) is 29.2 Å². The molecule has 1 heterocycles. The van der Waals surface area contributed by atoms with Crippen molar-refractivity contribution in [2.24, 2.45) is 0 Å². The van der Waals surface area contributed by atoms with Gasteiger partial charge in [0.15, 0.2) is 0 Å². The van der Waals surface area contributed by atoms with Crippen LogP contribution in [0.25, 0.3) is 5.69 Å². The van der Waals surface area contributed by atoms with Crippen molar-refractivity contribution in [3.8, 4) is 5.69 Å². The number of nitrogens with zero attached hydrogens (tertiary/aromatic N) is 1. The van der Waals surface area contributed by atoms with Crippen molar-refractivity contribution in [1.29, 1.82) is 0 Å². The fraction of sp³-hybridized carbons (Fsp3) is 0.333.